The average Bonchev–Trinajstić information content (AvgIpc) is 2.03. The van der Waals surface area contributed by atoms with Crippen molar-refractivity contribution >= 4 is 0 Å². The van der Waals surface area contributed by atoms with E-state index in [1.807, 2.05) is 25.2 Å². The highest BCUT2D eigenvalue weighted by atomic mass is 14.2. The van der Waals surface area contributed by atoms with Gasteiger partial charge in [-0.15, -0.1) is 0 Å². The third kappa shape index (κ3) is 5.42. The highest BCUT2D eigenvalue weighted by molar-refractivity contribution is 5.32. The molecule has 0 N–H and O–H groups in total. The molecule has 0 heterocycles. The van der Waals surface area contributed by atoms with Crippen molar-refractivity contribution in [3.05, 3.63) is 23.8 Å². The molecule has 0 saturated carbocycles. The summed E-state index contributed by atoms with van der Waals surface area (Å²) in [6.45, 7) is 4.07. The van der Waals surface area contributed by atoms with Crippen LogP contribution in [0.3, 0.4) is 0 Å². The van der Waals surface area contributed by atoms with Crippen LogP contribution in [-0.4, -0.2) is 0 Å². The molecule has 0 aliphatic rings. The fraction of sp³-hybridized carbons (Fsp3) is 0.500. The van der Waals surface area contributed by atoms with E-state index in [4.69, 9.17) is 5.26 Å². The molecule has 1 nitrogen and oxygen atoms in total. The van der Waals surface area contributed by atoms with Gasteiger partial charge < -0.3 is 0 Å². The minimum atomic E-state index is 0.779. The van der Waals surface area contributed by atoms with E-state index in [1.165, 1.54) is 12.8 Å². The lowest BCUT2D eigenvalue weighted by Gasteiger charge is -1.89. The SMILES string of the molecule is C/C=C/C(C#N)=C\CCCC. The quantitative estimate of drug-likeness (QED) is 0.342. The Bertz CT molecular complexity index is 182. The first-order chi connectivity index (χ1) is 5.35. The molecular formula is C10H15N. The van der Waals surface area contributed by atoms with E-state index in [0.717, 1.165) is 12.0 Å². The number of hydrogen-bond donors (Lipinski definition) is 0. The third-order valence-electron chi connectivity index (χ3n) is 1.40. The van der Waals surface area contributed by atoms with Gasteiger partial charge in [-0.05, 0) is 19.4 Å². The van der Waals surface area contributed by atoms with Gasteiger partial charge in [0.15, 0.2) is 0 Å². The summed E-state index contributed by atoms with van der Waals surface area (Å²) >= 11 is 0. The summed E-state index contributed by atoms with van der Waals surface area (Å²) in [5, 5.41) is 8.59. The van der Waals surface area contributed by atoms with Crippen LogP contribution in [0.2, 0.25) is 0 Å². The summed E-state index contributed by atoms with van der Waals surface area (Å²) in [5.74, 6) is 0. The topological polar surface area (TPSA) is 23.8 Å². The van der Waals surface area contributed by atoms with Gasteiger partial charge in [-0.25, -0.2) is 0 Å². The van der Waals surface area contributed by atoms with Gasteiger partial charge >= 0.3 is 0 Å². The Hall–Kier alpha value is -1.03. The van der Waals surface area contributed by atoms with Crippen LogP contribution in [0.4, 0.5) is 0 Å². The van der Waals surface area contributed by atoms with Crippen LogP contribution < -0.4 is 0 Å². The normalized spacial score (nSPS) is 11.9. The monoisotopic (exact) mass is 149 g/mol. The molecule has 0 fully saturated rings. The largest absolute Gasteiger partial charge is 0.192 e. The van der Waals surface area contributed by atoms with Crippen molar-refractivity contribution < 1.29 is 0 Å². The Morgan fingerprint density at radius 2 is 2.27 bits per heavy atom. The number of nitrogens with zero attached hydrogens (tertiary/aromatic N) is 1. The first kappa shape index (κ1) is 9.97. The van der Waals surface area contributed by atoms with Gasteiger partial charge in [0.1, 0.15) is 0 Å². The first-order valence-electron chi connectivity index (χ1n) is 4.08. The molecule has 0 unspecified atom stereocenters. The lowest BCUT2D eigenvalue weighted by atomic mass is 10.2. The maximum absolute atomic E-state index is 8.59. The van der Waals surface area contributed by atoms with E-state index >= 15 is 0 Å². The van der Waals surface area contributed by atoms with Crippen molar-refractivity contribution in [3.63, 3.8) is 0 Å². The average molecular weight is 149 g/mol. The highest BCUT2D eigenvalue weighted by Gasteiger charge is 1.86. The predicted molar refractivity (Wildman–Crippen MR) is 48.0 cm³/mol. The molecule has 0 saturated heterocycles. The summed E-state index contributed by atoms with van der Waals surface area (Å²) < 4.78 is 0. The zero-order chi connectivity index (χ0) is 8.53. The van der Waals surface area contributed by atoms with Crippen LogP contribution >= 0.6 is 0 Å². The number of unbranched alkanes of at least 4 members (excludes halogenated alkanes) is 2. The summed E-state index contributed by atoms with van der Waals surface area (Å²) in [6, 6.07) is 2.14. The Kier molecular flexibility index (Phi) is 6.42. The lowest BCUT2D eigenvalue weighted by Crippen LogP contribution is -1.73. The van der Waals surface area contributed by atoms with Crippen LogP contribution in [0.1, 0.15) is 33.1 Å². The standard InChI is InChI=1S/C10H15N/c1-3-5-6-8-10(9-11)7-4-2/h4,7-8H,3,5-6H2,1-2H3/b7-4+,10-8+. The molecule has 0 aromatic rings. The molecular weight excluding hydrogens is 134 g/mol. The zero-order valence-corrected chi connectivity index (χ0v) is 7.30. The second kappa shape index (κ2) is 7.08. The van der Waals surface area contributed by atoms with E-state index in [9.17, 15) is 0 Å². The summed E-state index contributed by atoms with van der Waals surface area (Å²) in [7, 11) is 0. The summed E-state index contributed by atoms with van der Waals surface area (Å²) in [6.07, 6.45) is 9.09. The Balaban J connectivity index is 3.84. The maximum atomic E-state index is 8.59. The Morgan fingerprint density at radius 3 is 2.73 bits per heavy atom. The van der Waals surface area contributed by atoms with Gasteiger partial charge in [0.05, 0.1) is 6.07 Å². The van der Waals surface area contributed by atoms with Crippen molar-refractivity contribution in [2.75, 3.05) is 0 Å². The fourth-order valence-corrected chi connectivity index (χ4v) is 0.792. The highest BCUT2D eigenvalue weighted by Crippen LogP contribution is 2.01. The minimum Gasteiger partial charge on any atom is -0.192 e. The van der Waals surface area contributed by atoms with E-state index in [0.29, 0.717) is 0 Å². The smallest absolute Gasteiger partial charge is 0.0988 e. The van der Waals surface area contributed by atoms with Gasteiger partial charge in [-0.3, -0.25) is 0 Å². The van der Waals surface area contributed by atoms with Crippen molar-refractivity contribution in [1.29, 1.82) is 5.26 Å². The van der Waals surface area contributed by atoms with Gasteiger partial charge in [0.25, 0.3) is 0 Å². The van der Waals surface area contributed by atoms with Crippen molar-refractivity contribution in [2.45, 2.75) is 33.1 Å². The van der Waals surface area contributed by atoms with Gasteiger partial charge in [-0.1, -0.05) is 31.9 Å². The van der Waals surface area contributed by atoms with Gasteiger partial charge in [0.2, 0.25) is 0 Å². The van der Waals surface area contributed by atoms with Crippen LogP contribution in [0.15, 0.2) is 23.8 Å². The molecule has 0 radical (unpaired) electrons. The van der Waals surface area contributed by atoms with Crippen molar-refractivity contribution in [3.8, 4) is 6.07 Å². The minimum absolute atomic E-state index is 0.779. The molecule has 0 aliphatic heterocycles. The third-order valence-corrected chi connectivity index (χ3v) is 1.40. The number of rotatable bonds is 4. The second-order valence-corrected chi connectivity index (χ2v) is 2.41. The molecule has 0 aromatic heterocycles. The molecule has 1 heteroatoms. The molecule has 11 heavy (non-hydrogen) atoms. The Morgan fingerprint density at radius 1 is 1.55 bits per heavy atom. The maximum Gasteiger partial charge on any atom is 0.0988 e. The molecule has 0 rings (SSSR count). The van der Waals surface area contributed by atoms with Crippen molar-refractivity contribution in [1.82, 2.24) is 0 Å². The zero-order valence-electron chi connectivity index (χ0n) is 7.30. The number of allylic oxidation sites excluding steroid dienone is 4. The van der Waals surface area contributed by atoms with Crippen LogP contribution in [-0.2, 0) is 0 Å². The predicted octanol–water partition coefficient (Wildman–Crippen LogP) is 3.20. The van der Waals surface area contributed by atoms with Crippen LogP contribution in [0, 0.1) is 11.3 Å². The van der Waals surface area contributed by atoms with E-state index in [1.54, 1.807) is 0 Å². The molecule has 0 spiro atoms. The molecule has 0 amide bonds. The van der Waals surface area contributed by atoms with Gasteiger partial charge in [-0.2, -0.15) is 5.26 Å². The number of nitriles is 1. The molecule has 0 aliphatic carbocycles. The van der Waals surface area contributed by atoms with Crippen molar-refractivity contribution in [2.24, 2.45) is 0 Å². The summed E-state index contributed by atoms with van der Waals surface area (Å²) in [4.78, 5) is 0. The van der Waals surface area contributed by atoms with E-state index < -0.39 is 0 Å². The van der Waals surface area contributed by atoms with Gasteiger partial charge in [0, 0.05) is 5.57 Å². The molecule has 60 valence electrons. The first-order valence-corrected chi connectivity index (χ1v) is 4.08. The second-order valence-electron chi connectivity index (χ2n) is 2.41. The van der Waals surface area contributed by atoms with Crippen LogP contribution in [0.5, 0.6) is 0 Å². The Labute approximate surface area is 69.0 Å². The fourth-order valence-electron chi connectivity index (χ4n) is 0.792. The molecule has 0 bridgehead atoms. The van der Waals surface area contributed by atoms with Crippen LogP contribution in [0.25, 0.3) is 0 Å². The molecule has 0 atom stereocenters. The number of hydrogen-bond acceptors (Lipinski definition) is 1. The lowest BCUT2D eigenvalue weighted by molar-refractivity contribution is 0.813. The molecule has 0 aromatic carbocycles. The summed E-state index contributed by atoms with van der Waals surface area (Å²) in [5.41, 5.74) is 0.779. The van der Waals surface area contributed by atoms with E-state index in [-0.39, 0.29) is 0 Å². The van der Waals surface area contributed by atoms with E-state index in [2.05, 4.69) is 13.0 Å².